The fourth-order valence-corrected chi connectivity index (χ4v) is 7.37. The standard InChI is InChI=1S/C13H20Br2N2O2S2/c14-12-9-11(13(15)20-12)21(18,19)17-8-7-16-10-5-3-1-2-4-6-10/h9-10,16-17H,1-8H2. The number of hydrogen-bond acceptors (Lipinski definition) is 4. The van der Waals surface area contributed by atoms with Crippen molar-refractivity contribution in [3.05, 3.63) is 13.6 Å². The van der Waals surface area contributed by atoms with E-state index in [0.717, 1.165) is 3.79 Å². The largest absolute Gasteiger partial charge is 0.313 e. The lowest BCUT2D eigenvalue weighted by Gasteiger charge is -2.16. The van der Waals surface area contributed by atoms with Crippen LogP contribution in [-0.4, -0.2) is 27.5 Å². The van der Waals surface area contributed by atoms with E-state index in [2.05, 4.69) is 41.9 Å². The molecule has 0 spiro atoms. The molecule has 0 amide bonds. The summed E-state index contributed by atoms with van der Waals surface area (Å²) in [6, 6.07) is 2.16. The van der Waals surface area contributed by atoms with Gasteiger partial charge in [0.15, 0.2) is 0 Å². The van der Waals surface area contributed by atoms with Crippen molar-refractivity contribution in [2.75, 3.05) is 13.1 Å². The van der Waals surface area contributed by atoms with Gasteiger partial charge in [0, 0.05) is 19.1 Å². The molecule has 21 heavy (non-hydrogen) atoms. The minimum absolute atomic E-state index is 0.300. The maximum Gasteiger partial charge on any atom is 0.242 e. The lowest BCUT2D eigenvalue weighted by molar-refractivity contribution is 0.461. The molecule has 0 aliphatic heterocycles. The van der Waals surface area contributed by atoms with Crippen LogP contribution in [0.5, 0.6) is 0 Å². The normalized spacial score (nSPS) is 17.8. The second kappa shape index (κ2) is 8.40. The highest BCUT2D eigenvalue weighted by Crippen LogP contribution is 2.34. The van der Waals surface area contributed by atoms with Gasteiger partial charge in [-0.3, -0.25) is 0 Å². The van der Waals surface area contributed by atoms with Crippen molar-refractivity contribution in [2.45, 2.75) is 49.5 Å². The van der Waals surface area contributed by atoms with E-state index in [-0.39, 0.29) is 0 Å². The van der Waals surface area contributed by atoms with Crippen molar-refractivity contribution in [1.82, 2.24) is 10.0 Å². The van der Waals surface area contributed by atoms with Crippen LogP contribution in [0.3, 0.4) is 0 Å². The Bertz CT molecular complexity index is 553. The van der Waals surface area contributed by atoms with Gasteiger partial charge in [-0.05, 0) is 50.8 Å². The van der Waals surface area contributed by atoms with Crippen LogP contribution in [0.15, 0.2) is 18.5 Å². The third-order valence-electron chi connectivity index (χ3n) is 3.62. The molecule has 1 aromatic rings. The second-order valence-electron chi connectivity index (χ2n) is 5.23. The zero-order chi connectivity index (χ0) is 15.3. The number of nitrogens with one attached hydrogen (secondary N) is 2. The summed E-state index contributed by atoms with van der Waals surface area (Å²) in [6.07, 6.45) is 7.61. The molecule has 2 N–H and O–H groups in total. The summed E-state index contributed by atoms with van der Waals surface area (Å²) in [6.45, 7) is 1.09. The molecule has 1 aromatic heterocycles. The molecular weight excluding hydrogens is 440 g/mol. The topological polar surface area (TPSA) is 58.2 Å². The van der Waals surface area contributed by atoms with E-state index in [1.54, 1.807) is 6.07 Å². The van der Waals surface area contributed by atoms with E-state index in [0.29, 0.717) is 27.8 Å². The van der Waals surface area contributed by atoms with Crippen LogP contribution in [0.25, 0.3) is 0 Å². The zero-order valence-electron chi connectivity index (χ0n) is 11.7. The lowest BCUT2D eigenvalue weighted by atomic mass is 10.1. The van der Waals surface area contributed by atoms with Crippen molar-refractivity contribution in [2.24, 2.45) is 0 Å². The summed E-state index contributed by atoms with van der Waals surface area (Å²) in [5, 5.41) is 3.46. The molecule has 120 valence electrons. The Kier molecular flexibility index (Phi) is 7.15. The predicted molar refractivity (Wildman–Crippen MR) is 94.4 cm³/mol. The Morgan fingerprint density at radius 3 is 2.38 bits per heavy atom. The molecule has 1 aliphatic rings. The average molecular weight is 460 g/mol. The third kappa shape index (κ3) is 5.58. The number of rotatable bonds is 6. The van der Waals surface area contributed by atoms with E-state index in [4.69, 9.17) is 0 Å². The molecule has 0 atom stereocenters. The van der Waals surface area contributed by atoms with Gasteiger partial charge in [-0.2, -0.15) is 0 Å². The molecule has 2 rings (SSSR count). The summed E-state index contributed by atoms with van der Waals surface area (Å²) in [5.41, 5.74) is 0. The quantitative estimate of drug-likeness (QED) is 0.501. The van der Waals surface area contributed by atoms with Gasteiger partial charge in [-0.15, -0.1) is 11.3 Å². The fourth-order valence-electron chi connectivity index (χ4n) is 2.53. The summed E-state index contributed by atoms with van der Waals surface area (Å²) >= 11 is 7.95. The van der Waals surface area contributed by atoms with Crippen LogP contribution in [0.4, 0.5) is 0 Å². The Labute approximate surface area is 147 Å². The van der Waals surface area contributed by atoms with E-state index in [9.17, 15) is 8.42 Å². The van der Waals surface area contributed by atoms with Crippen molar-refractivity contribution in [3.63, 3.8) is 0 Å². The monoisotopic (exact) mass is 458 g/mol. The first-order chi connectivity index (χ1) is 9.99. The number of hydrogen-bond donors (Lipinski definition) is 2. The molecule has 0 bridgehead atoms. The highest BCUT2D eigenvalue weighted by atomic mass is 79.9. The second-order valence-corrected chi connectivity index (χ2v) is 10.7. The van der Waals surface area contributed by atoms with Gasteiger partial charge in [0.25, 0.3) is 0 Å². The maximum absolute atomic E-state index is 12.2. The average Bonchev–Trinajstić information content (AvgIpc) is 2.65. The van der Waals surface area contributed by atoms with Gasteiger partial charge in [0.2, 0.25) is 10.0 Å². The highest BCUT2D eigenvalue weighted by Gasteiger charge is 2.20. The van der Waals surface area contributed by atoms with E-state index in [1.807, 2.05) is 0 Å². The molecule has 8 heteroatoms. The fraction of sp³-hybridized carbons (Fsp3) is 0.692. The van der Waals surface area contributed by atoms with E-state index in [1.165, 1.54) is 49.9 Å². The molecule has 1 aliphatic carbocycles. The first kappa shape index (κ1) is 17.9. The van der Waals surface area contributed by atoms with Gasteiger partial charge in [-0.25, -0.2) is 13.1 Å². The Morgan fingerprint density at radius 2 is 1.81 bits per heavy atom. The molecule has 1 saturated carbocycles. The molecule has 0 radical (unpaired) electrons. The number of halogens is 2. The molecular formula is C13H20Br2N2O2S2. The zero-order valence-corrected chi connectivity index (χ0v) is 16.5. The molecule has 1 fully saturated rings. The van der Waals surface area contributed by atoms with Gasteiger partial charge < -0.3 is 5.32 Å². The Hall–Kier alpha value is 0.530. The maximum atomic E-state index is 12.2. The molecule has 1 heterocycles. The van der Waals surface area contributed by atoms with Crippen molar-refractivity contribution in [3.8, 4) is 0 Å². The van der Waals surface area contributed by atoms with Gasteiger partial charge in [-0.1, -0.05) is 25.7 Å². The van der Waals surface area contributed by atoms with Crippen LogP contribution in [-0.2, 0) is 10.0 Å². The SMILES string of the molecule is O=S(=O)(NCCNC1CCCCCC1)c1cc(Br)sc1Br. The van der Waals surface area contributed by atoms with Crippen LogP contribution in [0.1, 0.15) is 38.5 Å². The van der Waals surface area contributed by atoms with Crippen LogP contribution in [0.2, 0.25) is 0 Å². The Balaban J connectivity index is 1.78. The van der Waals surface area contributed by atoms with E-state index >= 15 is 0 Å². The minimum Gasteiger partial charge on any atom is -0.313 e. The molecule has 0 saturated heterocycles. The summed E-state index contributed by atoms with van der Waals surface area (Å²) in [4.78, 5) is 0.300. The first-order valence-electron chi connectivity index (χ1n) is 7.17. The van der Waals surface area contributed by atoms with E-state index < -0.39 is 10.0 Å². The summed E-state index contributed by atoms with van der Waals surface area (Å²) in [5.74, 6) is 0. The van der Waals surface area contributed by atoms with Crippen molar-refractivity contribution >= 4 is 53.2 Å². The van der Waals surface area contributed by atoms with Crippen LogP contribution < -0.4 is 10.0 Å². The van der Waals surface area contributed by atoms with Crippen molar-refractivity contribution < 1.29 is 8.42 Å². The summed E-state index contributed by atoms with van der Waals surface area (Å²) < 4.78 is 28.5. The smallest absolute Gasteiger partial charge is 0.242 e. The van der Waals surface area contributed by atoms with Crippen LogP contribution >= 0.6 is 43.2 Å². The molecule has 0 unspecified atom stereocenters. The third-order valence-corrected chi connectivity index (χ3v) is 7.84. The first-order valence-corrected chi connectivity index (χ1v) is 11.1. The highest BCUT2D eigenvalue weighted by molar-refractivity contribution is 9.12. The molecule has 4 nitrogen and oxygen atoms in total. The number of sulfonamides is 1. The Morgan fingerprint density at radius 1 is 1.14 bits per heavy atom. The lowest BCUT2D eigenvalue weighted by Crippen LogP contribution is -2.36. The van der Waals surface area contributed by atoms with Crippen LogP contribution in [0, 0.1) is 0 Å². The minimum atomic E-state index is -3.44. The predicted octanol–water partition coefficient (Wildman–Crippen LogP) is 3.86. The summed E-state index contributed by atoms with van der Waals surface area (Å²) in [7, 11) is -3.44. The van der Waals surface area contributed by atoms with Gasteiger partial charge >= 0.3 is 0 Å². The molecule has 0 aromatic carbocycles. The van der Waals surface area contributed by atoms with Gasteiger partial charge in [0.1, 0.15) is 4.90 Å². The van der Waals surface area contributed by atoms with Crippen molar-refractivity contribution in [1.29, 1.82) is 0 Å². The number of thiophene rings is 1. The van der Waals surface area contributed by atoms with Gasteiger partial charge in [0.05, 0.1) is 7.57 Å².